The molecule has 2 radical (unpaired) electrons. The fourth-order valence-corrected chi connectivity index (χ4v) is 5.31. The predicted molar refractivity (Wildman–Crippen MR) is 122 cm³/mol. The van der Waals surface area contributed by atoms with Crippen LogP contribution in [-0.2, 0) is 0 Å². The highest BCUT2D eigenvalue weighted by atomic mass is 79.9. The first-order valence-corrected chi connectivity index (χ1v) is 10.9. The molecule has 0 unspecified atom stereocenters. The Bertz CT molecular complexity index is 1000. The Balaban J connectivity index is 1.88. The fourth-order valence-electron chi connectivity index (χ4n) is 4.62. The maximum Gasteiger partial charge on any atom is 0.147 e. The molecule has 0 bridgehead atoms. The Morgan fingerprint density at radius 1 is 1.04 bits per heavy atom. The van der Waals surface area contributed by atoms with E-state index >= 15 is 0 Å². The Hall–Kier alpha value is -1.81. The molecular formula is C24H28BrN3. The molecule has 0 amide bonds. The molecule has 1 saturated heterocycles. The monoisotopic (exact) mass is 437 g/mol. The zero-order valence-corrected chi connectivity index (χ0v) is 18.8. The van der Waals surface area contributed by atoms with Gasteiger partial charge in [-0.3, -0.25) is 0 Å². The van der Waals surface area contributed by atoms with Gasteiger partial charge in [0, 0.05) is 40.5 Å². The molecule has 0 atom stereocenters. The average Bonchev–Trinajstić information content (AvgIpc) is 2.96. The Morgan fingerprint density at radius 2 is 1.68 bits per heavy atom. The van der Waals surface area contributed by atoms with Crippen LogP contribution in [0.2, 0.25) is 0 Å². The number of aromatic nitrogens is 2. The fraction of sp³-hybridized carbons (Fsp3) is 0.417. The van der Waals surface area contributed by atoms with E-state index in [1.165, 1.54) is 46.3 Å². The molecule has 4 heteroatoms. The molecule has 4 rings (SSSR count). The largest absolute Gasteiger partial charge is 0.371 e. The molecule has 1 aliphatic rings. The lowest BCUT2D eigenvalue weighted by atomic mass is 9.94. The molecule has 28 heavy (non-hydrogen) atoms. The van der Waals surface area contributed by atoms with Crippen LogP contribution < -0.4 is 4.90 Å². The highest BCUT2D eigenvalue weighted by Crippen LogP contribution is 2.36. The molecule has 3 nitrogen and oxygen atoms in total. The van der Waals surface area contributed by atoms with Crippen LogP contribution in [0.25, 0.3) is 16.7 Å². The summed E-state index contributed by atoms with van der Waals surface area (Å²) < 4.78 is 3.40. The summed E-state index contributed by atoms with van der Waals surface area (Å²) in [5.74, 6) is 0.661. The van der Waals surface area contributed by atoms with Crippen molar-refractivity contribution in [2.45, 2.75) is 47.0 Å². The molecule has 146 valence electrons. The minimum Gasteiger partial charge on any atom is -0.371 e. The van der Waals surface area contributed by atoms with E-state index in [-0.39, 0.29) is 0 Å². The third-order valence-electron chi connectivity index (χ3n) is 6.04. The summed E-state index contributed by atoms with van der Waals surface area (Å²) >= 11 is 3.62. The molecule has 0 aliphatic carbocycles. The van der Waals surface area contributed by atoms with Gasteiger partial charge in [0.15, 0.2) is 0 Å². The van der Waals surface area contributed by atoms with Gasteiger partial charge in [0.25, 0.3) is 0 Å². The summed E-state index contributed by atoms with van der Waals surface area (Å²) in [7, 11) is 0. The van der Waals surface area contributed by atoms with Crippen molar-refractivity contribution in [3.8, 4) is 5.69 Å². The van der Waals surface area contributed by atoms with Crippen LogP contribution in [0.1, 0.15) is 41.6 Å². The number of anilines is 1. The number of aryl methyl sites for hydroxylation is 4. The van der Waals surface area contributed by atoms with Crippen molar-refractivity contribution in [1.82, 2.24) is 9.55 Å². The van der Waals surface area contributed by atoms with Crippen molar-refractivity contribution in [3.63, 3.8) is 0 Å². The first-order valence-electron chi connectivity index (χ1n) is 10.1. The van der Waals surface area contributed by atoms with E-state index in [4.69, 9.17) is 11.9 Å². The maximum atomic E-state index is 5.90. The van der Waals surface area contributed by atoms with Gasteiger partial charge in [-0.05, 0) is 94.7 Å². The second kappa shape index (κ2) is 7.55. The van der Waals surface area contributed by atoms with E-state index in [2.05, 4.69) is 77.5 Å². The molecule has 3 aromatic rings. The summed E-state index contributed by atoms with van der Waals surface area (Å²) in [4.78, 5) is 7.50. The van der Waals surface area contributed by atoms with Gasteiger partial charge in [0.2, 0.25) is 0 Å². The molecule has 0 N–H and O–H groups in total. The number of hydrogen-bond donors (Lipinski definition) is 0. The SMILES string of the molecule is [CH]CC1CCN(c2cc(C)nc3c2c(C)cn3-c2c(C)cc(Br)cc2C)CC1. The Kier molecular flexibility index (Phi) is 5.26. The lowest BCUT2D eigenvalue weighted by Crippen LogP contribution is -2.33. The summed E-state index contributed by atoms with van der Waals surface area (Å²) in [5, 5.41) is 1.28. The second-order valence-electron chi connectivity index (χ2n) is 8.22. The van der Waals surface area contributed by atoms with Crippen molar-refractivity contribution in [1.29, 1.82) is 0 Å². The summed E-state index contributed by atoms with van der Waals surface area (Å²) in [5.41, 5.74) is 8.45. The lowest BCUT2D eigenvalue weighted by molar-refractivity contribution is 0.409. The van der Waals surface area contributed by atoms with Crippen molar-refractivity contribution < 1.29 is 0 Å². The number of benzene rings is 1. The molecule has 0 spiro atoms. The first-order chi connectivity index (χ1) is 13.4. The molecule has 1 aliphatic heterocycles. The van der Waals surface area contributed by atoms with E-state index in [9.17, 15) is 0 Å². The first kappa shape index (κ1) is 19.5. The minimum absolute atomic E-state index is 0.661. The van der Waals surface area contributed by atoms with Crippen LogP contribution in [0.3, 0.4) is 0 Å². The molecule has 3 heterocycles. The van der Waals surface area contributed by atoms with Gasteiger partial charge in [-0.1, -0.05) is 15.9 Å². The number of rotatable bonds is 3. The van der Waals surface area contributed by atoms with Gasteiger partial charge >= 0.3 is 0 Å². The number of pyridine rings is 1. The standard InChI is InChI=1S/C24H28BrN3/c1-6-19-7-9-27(10-8-19)21-13-18(5)26-24-22(21)17(4)14-28(24)23-15(2)11-20(25)12-16(23)3/h1,11-14,19H,6-10H2,2-5H3. The van der Waals surface area contributed by atoms with E-state index in [0.29, 0.717) is 5.92 Å². The van der Waals surface area contributed by atoms with Crippen LogP contribution in [0.15, 0.2) is 28.9 Å². The molecule has 2 aromatic heterocycles. The number of piperidine rings is 1. The smallest absolute Gasteiger partial charge is 0.147 e. The highest BCUT2D eigenvalue weighted by molar-refractivity contribution is 9.10. The van der Waals surface area contributed by atoms with E-state index < -0.39 is 0 Å². The quantitative estimate of drug-likeness (QED) is 0.476. The predicted octanol–water partition coefficient (Wildman–Crippen LogP) is 6.34. The Morgan fingerprint density at radius 3 is 2.29 bits per heavy atom. The van der Waals surface area contributed by atoms with Crippen molar-refractivity contribution in [2.75, 3.05) is 18.0 Å². The molecule has 1 aromatic carbocycles. The second-order valence-corrected chi connectivity index (χ2v) is 9.13. The van der Waals surface area contributed by atoms with E-state index in [1.54, 1.807) is 0 Å². The van der Waals surface area contributed by atoms with Crippen LogP contribution in [0.4, 0.5) is 5.69 Å². The third-order valence-corrected chi connectivity index (χ3v) is 6.50. The van der Waals surface area contributed by atoms with Gasteiger partial charge < -0.3 is 9.47 Å². The summed E-state index contributed by atoms with van der Waals surface area (Å²) in [6, 6.07) is 6.61. The average molecular weight is 438 g/mol. The van der Waals surface area contributed by atoms with Gasteiger partial charge in [0.1, 0.15) is 5.65 Å². The highest BCUT2D eigenvalue weighted by Gasteiger charge is 2.23. The van der Waals surface area contributed by atoms with Crippen molar-refractivity contribution in [3.05, 3.63) is 58.2 Å². The number of hydrogen-bond acceptors (Lipinski definition) is 2. The third kappa shape index (κ3) is 3.36. The molecule has 1 fully saturated rings. The Labute approximate surface area is 176 Å². The van der Waals surface area contributed by atoms with Crippen molar-refractivity contribution >= 4 is 32.7 Å². The van der Waals surface area contributed by atoms with Crippen LogP contribution in [0, 0.1) is 40.5 Å². The zero-order valence-electron chi connectivity index (χ0n) is 17.2. The minimum atomic E-state index is 0.661. The maximum absolute atomic E-state index is 5.90. The van der Waals surface area contributed by atoms with E-state index in [0.717, 1.165) is 35.3 Å². The number of halogens is 1. The van der Waals surface area contributed by atoms with Crippen LogP contribution in [-0.4, -0.2) is 22.6 Å². The normalized spacial score (nSPS) is 15.6. The number of nitrogens with zero attached hydrogens (tertiary/aromatic N) is 3. The number of fused-ring (bicyclic) bond motifs is 1. The molecule has 0 saturated carbocycles. The van der Waals surface area contributed by atoms with Crippen LogP contribution in [0.5, 0.6) is 0 Å². The van der Waals surface area contributed by atoms with Gasteiger partial charge in [0.05, 0.1) is 5.69 Å². The summed E-state index contributed by atoms with van der Waals surface area (Å²) in [6.45, 7) is 16.7. The summed E-state index contributed by atoms with van der Waals surface area (Å²) in [6.07, 6.45) is 5.39. The topological polar surface area (TPSA) is 21.1 Å². The molecular weight excluding hydrogens is 410 g/mol. The van der Waals surface area contributed by atoms with Gasteiger partial charge in [-0.25, -0.2) is 4.98 Å². The lowest BCUT2D eigenvalue weighted by Gasteiger charge is -2.34. The van der Waals surface area contributed by atoms with E-state index in [1.807, 2.05) is 0 Å². The van der Waals surface area contributed by atoms with Gasteiger partial charge in [-0.2, -0.15) is 0 Å². The van der Waals surface area contributed by atoms with Crippen LogP contribution >= 0.6 is 15.9 Å². The van der Waals surface area contributed by atoms with Gasteiger partial charge in [-0.15, -0.1) is 0 Å². The zero-order chi connectivity index (χ0) is 20.0. The van der Waals surface area contributed by atoms with Crippen molar-refractivity contribution in [2.24, 2.45) is 5.92 Å².